The highest BCUT2D eigenvalue weighted by Crippen LogP contribution is 2.19. The Morgan fingerprint density at radius 1 is 1.33 bits per heavy atom. The van der Waals surface area contributed by atoms with E-state index in [0.29, 0.717) is 26.1 Å². The summed E-state index contributed by atoms with van der Waals surface area (Å²) in [6.07, 6.45) is 0.144. The summed E-state index contributed by atoms with van der Waals surface area (Å²) in [6, 6.07) is 9.73. The van der Waals surface area contributed by atoms with Crippen LogP contribution in [0.3, 0.4) is 0 Å². The van der Waals surface area contributed by atoms with E-state index < -0.39 is 6.10 Å². The van der Waals surface area contributed by atoms with E-state index in [0.717, 1.165) is 5.56 Å². The molecule has 5 heteroatoms. The third-order valence-electron chi connectivity index (χ3n) is 3.73. The molecule has 1 aromatic carbocycles. The average molecular weight is 291 g/mol. The number of nitrogens with zero attached hydrogens (tertiary/aromatic N) is 1. The van der Waals surface area contributed by atoms with Gasteiger partial charge in [-0.15, -0.1) is 0 Å². The van der Waals surface area contributed by atoms with Crippen molar-refractivity contribution in [3.8, 4) is 0 Å². The van der Waals surface area contributed by atoms with Gasteiger partial charge in [-0.3, -0.25) is 9.59 Å². The molecule has 0 radical (unpaired) electrons. The second kappa shape index (κ2) is 7.22. The zero-order valence-corrected chi connectivity index (χ0v) is 12.5. The summed E-state index contributed by atoms with van der Waals surface area (Å²) in [5, 5.41) is 0. The molecule has 0 N–H and O–H groups in total. The largest absolute Gasteiger partial charge is 0.469 e. The van der Waals surface area contributed by atoms with Crippen molar-refractivity contribution < 1.29 is 19.1 Å². The van der Waals surface area contributed by atoms with Crippen LogP contribution in [0.5, 0.6) is 0 Å². The van der Waals surface area contributed by atoms with Crippen molar-refractivity contribution in [1.29, 1.82) is 0 Å². The summed E-state index contributed by atoms with van der Waals surface area (Å²) in [5.41, 5.74) is 1.03. The Hall–Kier alpha value is -1.88. The van der Waals surface area contributed by atoms with E-state index >= 15 is 0 Å². The minimum absolute atomic E-state index is 0.0719. The fourth-order valence-corrected chi connectivity index (χ4v) is 2.44. The Morgan fingerprint density at radius 3 is 2.71 bits per heavy atom. The number of amides is 1. The van der Waals surface area contributed by atoms with Crippen molar-refractivity contribution in [3.05, 3.63) is 35.9 Å². The summed E-state index contributed by atoms with van der Waals surface area (Å²) in [4.78, 5) is 25.4. The van der Waals surface area contributed by atoms with Gasteiger partial charge >= 0.3 is 5.97 Å². The molecular formula is C16H21NO4. The van der Waals surface area contributed by atoms with Gasteiger partial charge in [0, 0.05) is 13.1 Å². The molecule has 2 unspecified atom stereocenters. The first-order valence-electron chi connectivity index (χ1n) is 7.14. The second-order valence-corrected chi connectivity index (χ2v) is 5.23. The molecule has 0 spiro atoms. The molecule has 0 bridgehead atoms. The van der Waals surface area contributed by atoms with Crippen molar-refractivity contribution in [3.63, 3.8) is 0 Å². The van der Waals surface area contributed by atoms with Gasteiger partial charge < -0.3 is 14.4 Å². The molecule has 2 rings (SSSR count). The third-order valence-corrected chi connectivity index (χ3v) is 3.73. The third kappa shape index (κ3) is 4.04. The van der Waals surface area contributed by atoms with Gasteiger partial charge in [-0.1, -0.05) is 30.3 Å². The lowest BCUT2D eigenvalue weighted by molar-refractivity contribution is -0.146. The van der Waals surface area contributed by atoms with Gasteiger partial charge in [0.2, 0.25) is 0 Å². The molecule has 0 aromatic heterocycles. The molecule has 114 valence electrons. The summed E-state index contributed by atoms with van der Waals surface area (Å²) in [5.74, 6) is -0.527. The molecular weight excluding hydrogens is 270 g/mol. The fourth-order valence-electron chi connectivity index (χ4n) is 2.44. The van der Waals surface area contributed by atoms with Crippen LogP contribution in [0.4, 0.5) is 0 Å². The van der Waals surface area contributed by atoms with Gasteiger partial charge in [-0.05, 0) is 18.9 Å². The number of carbonyl (C=O) groups excluding carboxylic acids is 2. The number of carbonyl (C=O) groups is 2. The van der Waals surface area contributed by atoms with Crippen molar-refractivity contribution in [2.45, 2.75) is 26.1 Å². The number of esters is 1. The van der Waals surface area contributed by atoms with Crippen molar-refractivity contribution >= 4 is 11.9 Å². The van der Waals surface area contributed by atoms with Crippen molar-refractivity contribution in [2.24, 2.45) is 5.92 Å². The van der Waals surface area contributed by atoms with E-state index in [2.05, 4.69) is 0 Å². The molecule has 1 heterocycles. The lowest BCUT2D eigenvalue weighted by atomic mass is 10.1. The number of ether oxygens (including phenoxy) is 2. The van der Waals surface area contributed by atoms with Crippen molar-refractivity contribution in [1.82, 2.24) is 4.90 Å². The Labute approximate surface area is 124 Å². The molecule has 1 aliphatic rings. The van der Waals surface area contributed by atoms with Gasteiger partial charge in [0.1, 0.15) is 6.10 Å². The highest BCUT2D eigenvalue weighted by molar-refractivity contribution is 5.82. The highest BCUT2D eigenvalue weighted by atomic mass is 16.5. The molecule has 21 heavy (non-hydrogen) atoms. The predicted octanol–water partition coefficient (Wildman–Crippen LogP) is 1.61. The fraction of sp³-hybridized carbons (Fsp3) is 0.500. The van der Waals surface area contributed by atoms with E-state index in [9.17, 15) is 9.59 Å². The van der Waals surface area contributed by atoms with Gasteiger partial charge in [0.05, 0.1) is 19.6 Å². The van der Waals surface area contributed by atoms with Gasteiger partial charge in [0.25, 0.3) is 5.91 Å². The molecule has 0 saturated carbocycles. The smallest absolute Gasteiger partial charge is 0.310 e. The zero-order chi connectivity index (χ0) is 15.2. The highest BCUT2D eigenvalue weighted by Gasteiger charge is 2.33. The standard InChI is InChI=1S/C16H21NO4/c1-12(21-11-13-6-4-3-5-7-13)15(18)17-9-8-14(10-17)16(19)20-2/h3-7,12,14H,8-11H2,1-2H3. The second-order valence-electron chi connectivity index (χ2n) is 5.23. The molecule has 2 atom stereocenters. The van der Waals surface area contributed by atoms with Crippen LogP contribution in [0.1, 0.15) is 18.9 Å². The molecule has 1 aromatic rings. The van der Waals surface area contributed by atoms with E-state index in [-0.39, 0.29) is 17.8 Å². The van der Waals surface area contributed by atoms with Crippen LogP contribution >= 0.6 is 0 Å². The SMILES string of the molecule is COC(=O)C1CCN(C(=O)C(C)OCc2ccccc2)C1. The molecule has 0 aliphatic carbocycles. The van der Waals surface area contributed by atoms with Crippen molar-refractivity contribution in [2.75, 3.05) is 20.2 Å². The summed E-state index contributed by atoms with van der Waals surface area (Å²) in [7, 11) is 1.37. The lowest BCUT2D eigenvalue weighted by Crippen LogP contribution is -2.38. The van der Waals surface area contributed by atoms with Crippen LogP contribution in [0.2, 0.25) is 0 Å². The number of methoxy groups -OCH3 is 1. The first kappa shape index (κ1) is 15.5. The number of hydrogen-bond acceptors (Lipinski definition) is 4. The molecule has 1 aliphatic heterocycles. The Bertz CT molecular complexity index is 488. The predicted molar refractivity (Wildman–Crippen MR) is 77.4 cm³/mol. The molecule has 1 amide bonds. The Morgan fingerprint density at radius 2 is 2.05 bits per heavy atom. The van der Waals surface area contributed by atoms with Crippen LogP contribution in [0.15, 0.2) is 30.3 Å². The van der Waals surface area contributed by atoms with Crippen LogP contribution < -0.4 is 0 Å². The van der Waals surface area contributed by atoms with Gasteiger partial charge in [-0.2, -0.15) is 0 Å². The van der Waals surface area contributed by atoms with Crippen LogP contribution in [0.25, 0.3) is 0 Å². The monoisotopic (exact) mass is 291 g/mol. The number of rotatable bonds is 5. The molecule has 1 fully saturated rings. The Kier molecular flexibility index (Phi) is 5.33. The lowest BCUT2D eigenvalue weighted by Gasteiger charge is -2.21. The maximum atomic E-state index is 12.3. The normalized spacial score (nSPS) is 19.3. The summed E-state index contributed by atoms with van der Waals surface area (Å²) >= 11 is 0. The first-order valence-corrected chi connectivity index (χ1v) is 7.14. The van der Waals surface area contributed by atoms with Crippen LogP contribution in [0, 0.1) is 5.92 Å². The topological polar surface area (TPSA) is 55.8 Å². The van der Waals surface area contributed by atoms with E-state index in [4.69, 9.17) is 9.47 Å². The maximum absolute atomic E-state index is 12.3. The van der Waals surface area contributed by atoms with E-state index in [1.54, 1.807) is 11.8 Å². The minimum atomic E-state index is -0.512. The molecule has 5 nitrogen and oxygen atoms in total. The van der Waals surface area contributed by atoms with Gasteiger partial charge in [-0.25, -0.2) is 0 Å². The summed E-state index contributed by atoms with van der Waals surface area (Å²) in [6.45, 7) is 3.15. The minimum Gasteiger partial charge on any atom is -0.469 e. The zero-order valence-electron chi connectivity index (χ0n) is 12.5. The number of likely N-dealkylation sites (tertiary alicyclic amines) is 1. The number of benzene rings is 1. The quantitative estimate of drug-likeness (QED) is 0.773. The Balaban J connectivity index is 1.82. The molecule has 1 saturated heterocycles. The van der Waals surface area contributed by atoms with Gasteiger partial charge in [0.15, 0.2) is 0 Å². The van der Waals surface area contributed by atoms with Crippen LogP contribution in [-0.4, -0.2) is 43.1 Å². The average Bonchev–Trinajstić information content (AvgIpc) is 3.02. The maximum Gasteiger partial charge on any atom is 0.310 e. The van der Waals surface area contributed by atoms with E-state index in [1.807, 2.05) is 30.3 Å². The number of hydrogen-bond donors (Lipinski definition) is 0. The summed E-state index contributed by atoms with van der Waals surface area (Å²) < 4.78 is 10.3. The van der Waals surface area contributed by atoms with E-state index in [1.165, 1.54) is 7.11 Å². The van der Waals surface area contributed by atoms with Crippen LogP contribution in [-0.2, 0) is 25.7 Å². The first-order chi connectivity index (χ1) is 10.1.